The van der Waals surface area contributed by atoms with Gasteiger partial charge in [-0.2, -0.15) is 4.98 Å². The number of hydrogen-bond acceptors (Lipinski definition) is 6. The van der Waals surface area contributed by atoms with Crippen molar-refractivity contribution in [3.05, 3.63) is 65.7 Å². The first-order chi connectivity index (χ1) is 15.9. The fraction of sp³-hybridized carbons (Fsp3) is 0.320. The predicted molar refractivity (Wildman–Crippen MR) is 125 cm³/mol. The van der Waals surface area contributed by atoms with E-state index in [1.54, 1.807) is 19.1 Å². The van der Waals surface area contributed by atoms with Crippen molar-refractivity contribution in [2.75, 3.05) is 20.8 Å². The molecule has 0 saturated heterocycles. The second kappa shape index (κ2) is 9.36. The number of allylic oxidation sites excluding steroid dienone is 1. The van der Waals surface area contributed by atoms with Crippen LogP contribution in [-0.4, -0.2) is 41.8 Å². The molecular weight excluding hydrogens is 420 g/mol. The molecular formula is C25H28N4O4. The molecule has 3 aromatic rings. The molecule has 0 radical (unpaired) electrons. The summed E-state index contributed by atoms with van der Waals surface area (Å²) < 4.78 is 16.4. The van der Waals surface area contributed by atoms with Crippen LogP contribution in [0.1, 0.15) is 38.3 Å². The first-order valence-corrected chi connectivity index (χ1v) is 10.8. The number of aromatic nitrogens is 2. The van der Waals surface area contributed by atoms with Gasteiger partial charge in [0, 0.05) is 17.8 Å². The molecule has 0 fully saturated rings. The third-order valence-corrected chi connectivity index (χ3v) is 5.56. The molecule has 2 amide bonds. The molecule has 4 rings (SSSR count). The van der Waals surface area contributed by atoms with Gasteiger partial charge in [0.25, 0.3) is 5.89 Å². The zero-order valence-electron chi connectivity index (χ0n) is 19.5. The highest BCUT2D eigenvalue weighted by Crippen LogP contribution is 2.38. The average molecular weight is 449 g/mol. The largest absolute Gasteiger partial charge is 0.497 e. The highest BCUT2D eigenvalue weighted by Gasteiger charge is 2.36. The number of urea groups is 1. The van der Waals surface area contributed by atoms with Crippen molar-refractivity contribution in [3.8, 4) is 22.9 Å². The monoisotopic (exact) mass is 448 g/mol. The first-order valence-electron chi connectivity index (χ1n) is 10.8. The van der Waals surface area contributed by atoms with Gasteiger partial charge in [0.2, 0.25) is 5.82 Å². The number of ether oxygens (including phenoxy) is 2. The number of nitrogens with one attached hydrogen (secondary N) is 1. The van der Waals surface area contributed by atoms with Crippen molar-refractivity contribution in [1.29, 1.82) is 0 Å². The molecule has 2 heterocycles. The van der Waals surface area contributed by atoms with Crippen LogP contribution in [0.5, 0.6) is 11.5 Å². The van der Waals surface area contributed by atoms with Crippen LogP contribution in [0.25, 0.3) is 17.0 Å². The van der Waals surface area contributed by atoms with Crippen LogP contribution in [0.15, 0.2) is 58.8 Å². The smallest absolute Gasteiger partial charge is 0.322 e. The van der Waals surface area contributed by atoms with Gasteiger partial charge in [0.15, 0.2) is 0 Å². The van der Waals surface area contributed by atoms with E-state index in [1.807, 2.05) is 55.5 Å². The van der Waals surface area contributed by atoms with E-state index in [0.717, 1.165) is 22.4 Å². The number of hydrogen-bond donors (Lipinski definition) is 1. The molecule has 1 atom stereocenters. The number of amides is 2. The van der Waals surface area contributed by atoms with E-state index in [2.05, 4.69) is 29.3 Å². The fourth-order valence-electron chi connectivity index (χ4n) is 3.93. The van der Waals surface area contributed by atoms with Crippen LogP contribution in [0, 0.1) is 5.92 Å². The summed E-state index contributed by atoms with van der Waals surface area (Å²) in [7, 11) is 3.23. The Kier molecular flexibility index (Phi) is 6.35. The van der Waals surface area contributed by atoms with Gasteiger partial charge in [0.1, 0.15) is 11.5 Å². The van der Waals surface area contributed by atoms with Crippen molar-refractivity contribution < 1.29 is 18.8 Å². The van der Waals surface area contributed by atoms with Crippen molar-refractivity contribution in [2.24, 2.45) is 5.92 Å². The Hall–Kier alpha value is -3.81. The predicted octanol–water partition coefficient (Wildman–Crippen LogP) is 4.91. The van der Waals surface area contributed by atoms with Crippen LogP contribution in [0.2, 0.25) is 0 Å². The molecule has 1 aliphatic heterocycles. The van der Waals surface area contributed by atoms with Gasteiger partial charge in [-0.25, -0.2) is 4.79 Å². The molecule has 0 bridgehead atoms. The van der Waals surface area contributed by atoms with Gasteiger partial charge in [0.05, 0.1) is 25.8 Å². The van der Waals surface area contributed by atoms with E-state index in [0.29, 0.717) is 29.8 Å². The Morgan fingerprint density at radius 2 is 1.79 bits per heavy atom. The summed E-state index contributed by atoms with van der Waals surface area (Å²) in [5.74, 6) is 2.49. The number of benzene rings is 2. The Labute approximate surface area is 193 Å². The number of rotatable bonds is 7. The zero-order chi connectivity index (χ0) is 23.5. The summed E-state index contributed by atoms with van der Waals surface area (Å²) in [6.45, 7) is 6.63. The van der Waals surface area contributed by atoms with Gasteiger partial charge >= 0.3 is 6.03 Å². The molecule has 1 aromatic heterocycles. The molecule has 33 heavy (non-hydrogen) atoms. The normalized spacial score (nSPS) is 16.2. The van der Waals surface area contributed by atoms with Crippen LogP contribution in [-0.2, 0) is 0 Å². The zero-order valence-corrected chi connectivity index (χ0v) is 19.5. The maximum atomic E-state index is 13.0. The van der Waals surface area contributed by atoms with Crippen molar-refractivity contribution in [2.45, 2.75) is 26.8 Å². The second-order valence-corrected chi connectivity index (χ2v) is 8.32. The summed E-state index contributed by atoms with van der Waals surface area (Å²) in [4.78, 5) is 19.4. The van der Waals surface area contributed by atoms with Crippen molar-refractivity contribution >= 4 is 11.6 Å². The first kappa shape index (κ1) is 22.4. The van der Waals surface area contributed by atoms with E-state index < -0.39 is 6.04 Å². The molecule has 0 saturated carbocycles. The third-order valence-electron chi connectivity index (χ3n) is 5.56. The van der Waals surface area contributed by atoms with Crippen molar-refractivity contribution in [1.82, 2.24) is 20.4 Å². The maximum Gasteiger partial charge on any atom is 0.322 e. The lowest BCUT2D eigenvalue weighted by molar-refractivity contribution is 0.199. The van der Waals surface area contributed by atoms with Crippen LogP contribution in [0.4, 0.5) is 4.79 Å². The quantitative estimate of drug-likeness (QED) is 0.553. The van der Waals surface area contributed by atoms with E-state index in [9.17, 15) is 4.79 Å². The Morgan fingerprint density at radius 3 is 2.48 bits per heavy atom. The minimum atomic E-state index is -0.463. The SMILES string of the molecule is COc1cccc(-c2noc(C3=C(C)N(CC(C)C)C(=O)NC3c3cccc(OC)c3)n2)c1. The molecule has 8 nitrogen and oxygen atoms in total. The average Bonchev–Trinajstić information content (AvgIpc) is 3.31. The lowest BCUT2D eigenvalue weighted by atomic mass is 9.94. The van der Waals surface area contributed by atoms with Gasteiger partial charge in [-0.3, -0.25) is 4.90 Å². The lowest BCUT2D eigenvalue weighted by Crippen LogP contribution is -2.47. The third kappa shape index (κ3) is 4.55. The van der Waals surface area contributed by atoms with E-state index in [-0.39, 0.29) is 11.9 Å². The van der Waals surface area contributed by atoms with Crippen LogP contribution < -0.4 is 14.8 Å². The Balaban J connectivity index is 1.82. The molecule has 0 aliphatic carbocycles. The summed E-state index contributed by atoms with van der Waals surface area (Å²) in [5, 5.41) is 7.32. The number of carbonyl (C=O) groups is 1. The summed E-state index contributed by atoms with van der Waals surface area (Å²) >= 11 is 0. The minimum absolute atomic E-state index is 0.162. The second-order valence-electron chi connectivity index (χ2n) is 8.32. The Bertz CT molecular complexity index is 1180. The molecule has 8 heteroatoms. The standard InChI is InChI=1S/C25H28N4O4/c1-15(2)14-29-16(3)21(22(26-25(29)30)17-8-6-10-19(12-17)31-4)24-27-23(28-33-24)18-9-7-11-20(13-18)32-5/h6-13,15,22H,14H2,1-5H3,(H,26,30). The minimum Gasteiger partial charge on any atom is -0.497 e. The number of methoxy groups -OCH3 is 2. The van der Waals surface area contributed by atoms with E-state index in [4.69, 9.17) is 14.0 Å². The molecule has 2 aromatic carbocycles. The molecule has 0 spiro atoms. The van der Waals surface area contributed by atoms with E-state index >= 15 is 0 Å². The Morgan fingerprint density at radius 1 is 1.09 bits per heavy atom. The lowest BCUT2D eigenvalue weighted by Gasteiger charge is -2.36. The molecule has 1 unspecified atom stereocenters. The highest BCUT2D eigenvalue weighted by atomic mass is 16.5. The van der Waals surface area contributed by atoms with Gasteiger partial charge in [-0.15, -0.1) is 0 Å². The summed E-state index contributed by atoms with van der Waals surface area (Å²) in [5.41, 5.74) is 3.17. The topological polar surface area (TPSA) is 89.7 Å². The highest BCUT2D eigenvalue weighted by molar-refractivity contribution is 5.87. The molecule has 1 N–H and O–H groups in total. The number of carbonyl (C=O) groups excluding carboxylic acids is 1. The van der Waals surface area contributed by atoms with Gasteiger partial charge < -0.3 is 19.3 Å². The van der Waals surface area contributed by atoms with Gasteiger partial charge in [-0.05, 0) is 42.7 Å². The summed E-state index contributed by atoms with van der Waals surface area (Å²) in [6, 6.07) is 14.4. The van der Waals surface area contributed by atoms with E-state index in [1.165, 1.54) is 0 Å². The summed E-state index contributed by atoms with van der Waals surface area (Å²) in [6.07, 6.45) is 0. The number of nitrogens with zero attached hydrogens (tertiary/aromatic N) is 3. The maximum absolute atomic E-state index is 13.0. The molecule has 172 valence electrons. The van der Waals surface area contributed by atoms with Crippen LogP contribution in [0.3, 0.4) is 0 Å². The fourth-order valence-corrected chi connectivity index (χ4v) is 3.93. The molecule has 1 aliphatic rings. The van der Waals surface area contributed by atoms with Gasteiger partial charge in [-0.1, -0.05) is 43.3 Å². The van der Waals surface area contributed by atoms with Crippen LogP contribution >= 0.6 is 0 Å². The van der Waals surface area contributed by atoms with Crippen molar-refractivity contribution in [3.63, 3.8) is 0 Å².